The molecule has 0 spiro atoms. The molecule has 1 rings (SSSR count). The molecular weight excluding hydrogens is 318 g/mol. The standard InChI is InChI=1S/C21H37NO.ClH/c1-18(23)14-10-8-6-4-5-7-9-11-15-19-16-12-13-17-20(19)21(2,3)22;/h12-13,16-18,23H,4-11,14-15,22H2,1-3H3;1H. The van der Waals surface area contributed by atoms with E-state index in [0.717, 1.165) is 12.8 Å². The molecule has 0 amide bonds. The molecule has 0 aliphatic rings. The molecule has 0 aliphatic carbocycles. The Kier molecular flexibility index (Phi) is 12.4. The normalized spacial score (nSPS) is 12.7. The molecule has 1 atom stereocenters. The molecule has 3 N–H and O–H groups in total. The smallest absolute Gasteiger partial charge is 0.0512 e. The fourth-order valence-corrected chi connectivity index (χ4v) is 3.18. The molecule has 0 aromatic heterocycles. The molecule has 3 heteroatoms. The maximum Gasteiger partial charge on any atom is 0.0512 e. The van der Waals surface area contributed by atoms with Crippen molar-refractivity contribution in [2.75, 3.05) is 0 Å². The maximum absolute atomic E-state index is 9.21. The van der Waals surface area contributed by atoms with E-state index in [1.807, 2.05) is 6.92 Å². The van der Waals surface area contributed by atoms with Gasteiger partial charge >= 0.3 is 0 Å². The second-order valence-corrected chi connectivity index (χ2v) is 7.59. The highest BCUT2D eigenvalue weighted by Crippen LogP contribution is 2.23. The van der Waals surface area contributed by atoms with Crippen LogP contribution in [0.5, 0.6) is 0 Å². The number of halogens is 1. The molecule has 1 unspecified atom stereocenters. The zero-order valence-corrected chi connectivity index (χ0v) is 16.7. The summed E-state index contributed by atoms with van der Waals surface area (Å²) < 4.78 is 0. The largest absolute Gasteiger partial charge is 0.393 e. The van der Waals surface area contributed by atoms with E-state index in [2.05, 4.69) is 38.1 Å². The van der Waals surface area contributed by atoms with Gasteiger partial charge in [-0.2, -0.15) is 0 Å². The summed E-state index contributed by atoms with van der Waals surface area (Å²) in [7, 11) is 0. The van der Waals surface area contributed by atoms with Gasteiger partial charge in [-0.3, -0.25) is 0 Å². The molecular formula is C21H38ClNO. The van der Waals surface area contributed by atoms with Gasteiger partial charge in [0.1, 0.15) is 0 Å². The van der Waals surface area contributed by atoms with E-state index >= 15 is 0 Å². The maximum atomic E-state index is 9.21. The first-order valence-electron chi connectivity index (χ1n) is 9.46. The lowest BCUT2D eigenvalue weighted by atomic mass is 9.89. The molecule has 0 saturated carbocycles. The summed E-state index contributed by atoms with van der Waals surface area (Å²) in [6, 6.07) is 8.61. The summed E-state index contributed by atoms with van der Waals surface area (Å²) in [6.45, 7) is 6.05. The van der Waals surface area contributed by atoms with Crippen LogP contribution in [0.25, 0.3) is 0 Å². The third-order valence-electron chi connectivity index (χ3n) is 4.53. The van der Waals surface area contributed by atoms with E-state index in [-0.39, 0.29) is 24.0 Å². The van der Waals surface area contributed by atoms with Gasteiger partial charge < -0.3 is 10.8 Å². The van der Waals surface area contributed by atoms with Gasteiger partial charge in [0.05, 0.1) is 6.10 Å². The number of aliphatic hydroxyl groups excluding tert-OH is 1. The Bertz CT molecular complexity index is 426. The fraction of sp³-hybridized carbons (Fsp3) is 0.714. The van der Waals surface area contributed by atoms with Gasteiger partial charge in [0.15, 0.2) is 0 Å². The summed E-state index contributed by atoms with van der Waals surface area (Å²) >= 11 is 0. The second kappa shape index (κ2) is 12.7. The van der Waals surface area contributed by atoms with Crippen molar-refractivity contribution in [1.82, 2.24) is 0 Å². The number of hydrogen-bond acceptors (Lipinski definition) is 2. The van der Waals surface area contributed by atoms with Gasteiger partial charge in [-0.25, -0.2) is 0 Å². The van der Waals surface area contributed by atoms with Crippen LogP contribution in [0.4, 0.5) is 0 Å². The first kappa shape index (κ1) is 23.4. The fourth-order valence-electron chi connectivity index (χ4n) is 3.18. The first-order chi connectivity index (χ1) is 10.9. The van der Waals surface area contributed by atoms with Crippen molar-refractivity contribution in [3.63, 3.8) is 0 Å². The molecule has 2 nitrogen and oxygen atoms in total. The van der Waals surface area contributed by atoms with Gasteiger partial charge in [-0.15, -0.1) is 12.4 Å². The zero-order valence-electron chi connectivity index (χ0n) is 15.9. The number of aryl methyl sites for hydroxylation is 1. The Morgan fingerprint density at radius 1 is 0.917 bits per heavy atom. The van der Waals surface area contributed by atoms with Gasteiger partial charge in [0.2, 0.25) is 0 Å². The summed E-state index contributed by atoms with van der Waals surface area (Å²) in [5.74, 6) is 0. The third kappa shape index (κ3) is 10.3. The van der Waals surface area contributed by atoms with Crippen LogP contribution >= 0.6 is 12.4 Å². The first-order valence-corrected chi connectivity index (χ1v) is 9.46. The number of unbranched alkanes of at least 4 members (excludes halogenated alkanes) is 7. The van der Waals surface area contributed by atoms with E-state index in [9.17, 15) is 5.11 Å². The van der Waals surface area contributed by atoms with Gasteiger partial charge in [-0.05, 0) is 51.2 Å². The van der Waals surface area contributed by atoms with Crippen molar-refractivity contribution in [1.29, 1.82) is 0 Å². The second-order valence-electron chi connectivity index (χ2n) is 7.59. The van der Waals surface area contributed by atoms with Crippen LogP contribution in [0.15, 0.2) is 24.3 Å². The topological polar surface area (TPSA) is 46.2 Å². The highest BCUT2D eigenvalue weighted by atomic mass is 35.5. The van der Waals surface area contributed by atoms with Crippen molar-refractivity contribution in [3.05, 3.63) is 35.4 Å². The number of nitrogens with two attached hydrogens (primary N) is 1. The van der Waals surface area contributed by atoms with Gasteiger partial charge in [0, 0.05) is 5.54 Å². The van der Waals surface area contributed by atoms with Crippen LogP contribution in [0.2, 0.25) is 0 Å². The van der Waals surface area contributed by atoms with Crippen molar-refractivity contribution in [2.24, 2.45) is 5.73 Å². The average Bonchev–Trinajstić information content (AvgIpc) is 2.48. The minimum Gasteiger partial charge on any atom is -0.393 e. The number of rotatable bonds is 12. The molecule has 1 aromatic carbocycles. The van der Waals surface area contributed by atoms with E-state index in [1.54, 1.807) is 0 Å². The predicted molar refractivity (Wildman–Crippen MR) is 108 cm³/mol. The summed E-state index contributed by atoms with van der Waals surface area (Å²) in [6.07, 6.45) is 12.3. The van der Waals surface area contributed by atoms with Crippen molar-refractivity contribution >= 4 is 12.4 Å². The van der Waals surface area contributed by atoms with Crippen molar-refractivity contribution in [2.45, 2.75) is 96.6 Å². The van der Waals surface area contributed by atoms with Crippen LogP contribution in [0, 0.1) is 0 Å². The lowest BCUT2D eigenvalue weighted by Crippen LogP contribution is -2.30. The molecule has 0 saturated heterocycles. The molecule has 0 heterocycles. The highest BCUT2D eigenvalue weighted by Gasteiger charge is 2.17. The van der Waals surface area contributed by atoms with Crippen LogP contribution in [-0.2, 0) is 12.0 Å². The van der Waals surface area contributed by atoms with E-state index < -0.39 is 0 Å². The SMILES string of the molecule is CC(O)CCCCCCCCCCc1ccccc1C(C)(C)N.Cl. The van der Waals surface area contributed by atoms with E-state index in [4.69, 9.17) is 5.73 Å². The van der Waals surface area contributed by atoms with Crippen LogP contribution in [0.3, 0.4) is 0 Å². The highest BCUT2D eigenvalue weighted by molar-refractivity contribution is 5.85. The Morgan fingerprint density at radius 2 is 1.42 bits per heavy atom. The molecule has 0 bridgehead atoms. The number of hydrogen-bond donors (Lipinski definition) is 2. The van der Waals surface area contributed by atoms with Crippen LogP contribution in [-0.4, -0.2) is 11.2 Å². The zero-order chi connectivity index (χ0) is 17.1. The lowest BCUT2D eigenvalue weighted by Gasteiger charge is -2.23. The molecule has 0 aliphatic heterocycles. The summed E-state index contributed by atoms with van der Waals surface area (Å²) in [5.41, 5.74) is 8.73. The summed E-state index contributed by atoms with van der Waals surface area (Å²) in [5, 5.41) is 9.21. The Balaban J connectivity index is 0.00000529. The van der Waals surface area contributed by atoms with Crippen LogP contribution < -0.4 is 5.73 Å². The Morgan fingerprint density at radius 3 is 1.96 bits per heavy atom. The van der Waals surface area contributed by atoms with Gasteiger partial charge in [-0.1, -0.05) is 69.2 Å². The molecule has 24 heavy (non-hydrogen) atoms. The minimum absolute atomic E-state index is 0. The van der Waals surface area contributed by atoms with Crippen molar-refractivity contribution in [3.8, 4) is 0 Å². The molecule has 140 valence electrons. The van der Waals surface area contributed by atoms with Crippen molar-refractivity contribution < 1.29 is 5.11 Å². The van der Waals surface area contributed by atoms with Crippen LogP contribution in [0.1, 0.15) is 89.7 Å². The monoisotopic (exact) mass is 355 g/mol. The molecule has 0 fully saturated rings. The number of aliphatic hydroxyl groups is 1. The summed E-state index contributed by atoms with van der Waals surface area (Å²) in [4.78, 5) is 0. The number of benzene rings is 1. The van der Waals surface area contributed by atoms with Gasteiger partial charge in [0.25, 0.3) is 0 Å². The van der Waals surface area contributed by atoms with E-state index in [1.165, 1.54) is 62.5 Å². The Hall–Kier alpha value is -0.570. The minimum atomic E-state index is -0.247. The third-order valence-corrected chi connectivity index (χ3v) is 4.53. The average molecular weight is 356 g/mol. The molecule has 0 radical (unpaired) electrons. The Labute approximate surface area is 155 Å². The lowest BCUT2D eigenvalue weighted by molar-refractivity contribution is 0.180. The predicted octanol–water partition coefficient (Wildman–Crippen LogP) is 5.74. The quantitative estimate of drug-likeness (QED) is 0.470. The van der Waals surface area contributed by atoms with E-state index in [0.29, 0.717) is 0 Å². The molecule has 1 aromatic rings.